The SMILES string of the molecule is CCOC(=O)c1[nH]c(C)c(C(=O)C(C)N(Cc2ccccn2)C(=O)c2ccco2)c1C. The fourth-order valence-electron chi connectivity index (χ4n) is 3.47. The molecule has 3 aromatic heterocycles. The molecule has 1 amide bonds. The number of esters is 1. The van der Waals surface area contributed by atoms with E-state index in [9.17, 15) is 14.4 Å². The number of nitrogens with one attached hydrogen (secondary N) is 1. The highest BCUT2D eigenvalue weighted by Gasteiger charge is 2.32. The second-order valence-corrected chi connectivity index (χ2v) is 7.12. The quantitative estimate of drug-likeness (QED) is 0.437. The molecule has 0 aliphatic rings. The monoisotopic (exact) mass is 423 g/mol. The molecule has 0 aliphatic heterocycles. The van der Waals surface area contributed by atoms with Crippen LogP contribution in [0.25, 0.3) is 0 Å². The van der Waals surface area contributed by atoms with Crippen molar-refractivity contribution in [1.82, 2.24) is 14.9 Å². The molecule has 0 radical (unpaired) electrons. The van der Waals surface area contributed by atoms with Crippen molar-refractivity contribution in [3.63, 3.8) is 0 Å². The van der Waals surface area contributed by atoms with Crippen LogP contribution in [0, 0.1) is 13.8 Å². The highest BCUT2D eigenvalue weighted by molar-refractivity contribution is 6.07. The molecule has 1 atom stereocenters. The van der Waals surface area contributed by atoms with Crippen LogP contribution in [0.4, 0.5) is 0 Å². The van der Waals surface area contributed by atoms with Gasteiger partial charge in [0.15, 0.2) is 11.5 Å². The molecule has 8 heteroatoms. The number of carbonyl (C=O) groups excluding carboxylic acids is 3. The Kier molecular flexibility index (Phi) is 6.69. The molecule has 162 valence electrons. The number of aryl methyl sites for hydroxylation is 1. The summed E-state index contributed by atoms with van der Waals surface area (Å²) in [5.74, 6) is -1.11. The Hall–Kier alpha value is -3.68. The van der Waals surface area contributed by atoms with E-state index in [0.717, 1.165) is 0 Å². The van der Waals surface area contributed by atoms with E-state index in [-0.39, 0.29) is 30.4 Å². The van der Waals surface area contributed by atoms with Crippen molar-refractivity contribution in [3.05, 3.63) is 76.8 Å². The van der Waals surface area contributed by atoms with Crippen LogP contribution < -0.4 is 0 Å². The van der Waals surface area contributed by atoms with Crippen LogP contribution in [0.3, 0.4) is 0 Å². The molecular formula is C23H25N3O5. The number of rotatable bonds is 8. The fourth-order valence-corrected chi connectivity index (χ4v) is 3.47. The van der Waals surface area contributed by atoms with E-state index in [1.165, 1.54) is 11.2 Å². The first-order valence-corrected chi connectivity index (χ1v) is 10.00. The summed E-state index contributed by atoms with van der Waals surface area (Å²) in [5.41, 5.74) is 2.28. The lowest BCUT2D eigenvalue weighted by Crippen LogP contribution is -2.43. The van der Waals surface area contributed by atoms with Gasteiger partial charge in [-0.2, -0.15) is 0 Å². The van der Waals surface area contributed by atoms with Crippen LogP contribution in [-0.4, -0.2) is 45.2 Å². The summed E-state index contributed by atoms with van der Waals surface area (Å²) >= 11 is 0. The van der Waals surface area contributed by atoms with Crippen LogP contribution >= 0.6 is 0 Å². The minimum atomic E-state index is -0.831. The largest absolute Gasteiger partial charge is 0.461 e. The van der Waals surface area contributed by atoms with Gasteiger partial charge in [0, 0.05) is 17.5 Å². The zero-order chi connectivity index (χ0) is 22.5. The minimum absolute atomic E-state index is 0.126. The molecule has 3 heterocycles. The number of Topliss-reactive ketones (excluding diaryl/α,β-unsaturated/α-hetero) is 1. The number of aromatic amines is 1. The molecule has 0 aromatic carbocycles. The molecule has 0 fully saturated rings. The molecular weight excluding hydrogens is 398 g/mol. The maximum absolute atomic E-state index is 13.5. The molecule has 3 rings (SSSR count). The maximum Gasteiger partial charge on any atom is 0.355 e. The standard InChI is InChI=1S/C23H25N3O5/c1-5-30-23(29)20-14(2)19(15(3)25-20)21(27)16(4)26(13-17-9-6-7-11-24-17)22(28)18-10-8-12-31-18/h6-12,16,25H,5,13H2,1-4H3. The summed E-state index contributed by atoms with van der Waals surface area (Å²) in [7, 11) is 0. The number of nitrogens with zero attached hydrogens (tertiary/aromatic N) is 2. The number of hydrogen-bond donors (Lipinski definition) is 1. The van der Waals surface area contributed by atoms with Gasteiger partial charge in [-0.3, -0.25) is 14.6 Å². The van der Waals surface area contributed by atoms with Gasteiger partial charge in [0.2, 0.25) is 0 Å². The van der Waals surface area contributed by atoms with Crippen LogP contribution in [0.5, 0.6) is 0 Å². The highest BCUT2D eigenvalue weighted by atomic mass is 16.5. The molecule has 3 aromatic rings. The molecule has 1 unspecified atom stereocenters. The molecule has 8 nitrogen and oxygen atoms in total. The number of hydrogen-bond acceptors (Lipinski definition) is 6. The van der Waals surface area contributed by atoms with Crippen molar-refractivity contribution in [3.8, 4) is 0 Å². The average molecular weight is 423 g/mol. The Bertz CT molecular complexity index is 1070. The summed E-state index contributed by atoms with van der Waals surface area (Å²) < 4.78 is 10.3. The van der Waals surface area contributed by atoms with Gasteiger partial charge >= 0.3 is 5.97 Å². The first-order chi connectivity index (χ1) is 14.8. The van der Waals surface area contributed by atoms with Crippen LogP contribution in [0.2, 0.25) is 0 Å². The van der Waals surface area contributed by atoms with Gasteiger partial charge in [-0.05, 0) is 57.5 Å². The lowest BCUT2D eigenvalue weighted by atomic mass is 9.99. The van der Waals surface area contributed by atoms with Gasteiger partial charge in [0.1, 0.15) is 5.69 Å². The van der Waals surface area contributed by atoms with E-state index in [1.807, 2.05) is 6.07 Å². The number of furan rings is 1. The van der Waals surface area contributed by atoms with Gasteiger partial charge in [-0.1, -0.05) is 6.07 Å². The Morgan fingerprint density at radius 1 is 1.19 bits per heavy atom. The number of H-pyrrole nitrogens is 1. The zero-order valence-electron chi connectivity index (χ0n) is 18.0. The summed E-state index contributed by atoms with van der Waals surface area (Å²) in [4.78, 5) is 47.4. The fraction of sp³-hybridized carbons (Fsp3) is 0.304. The second kappa shape index (κ2) is 9.42. The number of aromatic nitrogens is 2. The predicted octanol–water partition coefficient (Wildman–Crippen LogP) is 3.71. The third-order valence-electron chi connectivity index (χ3n) is 5.06. The van der Waals surface area contributed by atoms with E-state index in [1.54, 1.807) is 58.2 Å². The van der Waals surface area contributed by atoms with Crippen LogP contribution in [0.15, 0.2) is 47.2 Å². The molecule has 31 heavy (non-hydrogen) atoms. The van der Waals surface area contributed by atoms with Gasteiger partial charge in [-0.25, -0.2) is 4.79 Å². The molecule has 0 saturated heterocycles. The average Bonchev–Trinajstić information content (AvgIpc) is 3.40. The normalized spacial score (nSPS) is 11.7. The van der Waals surface area contributed by atoms with Crippen molar-refractivity contribution < 1.29 is 23.5 Å². The first-order valence-electron chi connectivity index (χ1n) is 10.00. The van der Waals surface area contributed by atoms with Gasteiger partial charge in [0.05, 0.1) is 31.2 Å². The smallest absolute Gasteiger partial charge is 0.355 e. The summed E-state index contributed by atoms with van der Waals surface area (Å²) in [6, 6.07) is 7.71. The molecule has 0 bridgehead atoms. The number of amides is 1. The van der Waals surface area contributed by atoms with Crippen molar-refractivity contribution in [1.29, 1.82) is 0 Å². The van der Waals surface area contributed by atoms with E-state index < -0.39 is 17.9 Å². The molecule has 0 spiro atoms. The third kappa shape index (κ3) is 4.58. The maximum atomic E-state index is 13.5. The van der Waals surface area contributed by atoms with Crippen molar-refractivity contribution >= 4 is 17.7 Å². The van der Waals surface area contributed by atoms with Gasteiger partial charge in [0.25, 0.3) is 5.91 Å². The Morgan fingerprint density at radius 3 is 2.58 bits per heavy atom. The van der Waals surface area contributed by atoms with E-state index in [2.05, 4.69) is 9.97 Å². The lowest BCUT2D eigenvalue weighted by Gasteiger charge is -2.27. The summed E-state index contributed by atoms with van der Waals surface area (Å²) in [6.07, 6.45) is 3.04. The number of ketones is 1. The predicted molar refractivity (Wildman–Crippen MR) is 113 cm³/mol. The molecule has 0 aliphatic carbocycles. The van der Waals surface area contributed by atoms with Crippen LogP contribution in [0.1, 0.15) is 62.2 Å². The van der Waals surface area contributed by atoms with Crippen molar-refractivity contribution in [2.75, 3.05) is 6.61 Å². The van der Waals surface area contributed by atoms with Gasteiger partial charge < -0.3 is 19.0 Å². The van der Waals surface area contributed by atoms with Gasteiger partial charge in [-0.15, -0.1) is 0 Å². The summed E-state index contributed by atoms with van der Waals surface area (Å²) in [5, 5.41) is 0. The number of carbonyl (C=O) groups is 3. The second-order valence-electron chi connectivity index (χ2n) is 7.12. The highest BCUT2D eigenvalue weighted by Crippen LogP contribution is 2.23. The molecule has 1 N–H and O–H groups in total. The third-order valence-corrected chi connectivity index (χ3v) is 5.06. The Balaban J connectivity index is 1.95. The first kappa shape index (κ1) is 22.0. The molecule has 0 saturated carbocycles. The van der Waals surface area contributed by atoms with Crippen LogP contribution in [-0.2, 0) is 11.3 Å². The van der Waals surface area contributed by atoms with E-state index >= 15 is 0 Å². The van der Waals surface area contributed by atoms with Crippen molar-refractivity contribution in [2.45, 2.75) is 40.3 Å². The summed E-state index contributed by atoms with van der Waals surface area (Å²) in [6.45, 7) is 7.13. The lowest BCUT2D eigenvalue weighted by molar-refractivity contribution is 0.0518. The number of ether oxygens (including phenoxy) is 1. The van der Waals surface area contributed by atoms with E-state index in [4.69, 9.17) is 9.15 Å². The van der Waals surface area contributed by atoms with Crippen molar-refractivity contribution in [2.24, 2.45) is 0 Å². The Labute approximate surface area is 180 Å². The number of pyridine rings is 1. The zero-order valence-corrected chi connectivity index (χ0v) is 18.0. The van der Waals surface area contributed by atoms with E-state index in [0.29, 0.717) is 22.5 Å². The topological polar surface area (TPSA) is 106 Å². The minimum Gasteiger partial charge on any atom is -0.461 e. The Morgan fingerprint density at radius 2 is 1.97 bits per heavy atom.